The number of carbonyl (C=O) groups is 1. The van der Waals surface area contributed by atoms with Crippen molar-refractivity contribution in [3.8, 4) is 0 Å². The summed E-state index contributed by atoms with van der Waals surface area (Å²) in [5.74, 6) is -0.161. The van der Waals surface area contributed by atoms with Crippen molar-refractivity contribution < 1.29 is 13.2 Å². The molecule has 0 aliphatic rings. The molecule has 2 aromatic carbocycles. The van der Waals surface area contributed by atoms with Gasteiger partial charge in [-0.1, -0.05) is 23.4 Å². The normalized spacial score (nSPS) is 12.8. The summed E-state index contributed by atoms with van der Waals surface area (Å²) in [4.78, 5) is 30.5. The van der Waals surface area contributed by atoms with E-state index in [2.05, 4.69) is 9.71 Å². The van der Waals surface area contributed by atoms with Gasteiger partial charge in [0.05, 0.1) is 22.4 Å². The van der Waals surface area contributed by atoms with E-state index < -0.39 is 15.3 Å². The van der Waals surface area contributed by atoms with Crippen LogP contribution in [-0.2, 0) is 10.0 Å². The Kier molecular flexibility index (Phi) is 6.78. The second-order valence-electron chi connectivity index (χ2n) is 7.40. The fourth-order valence-electron chi connectivity index (χ4n) is 3.05. The van der Waals surface area contributed by atoms with Crippen molar-refractivity contribution in [2.75, 3.05) is 11.0 Å². The number of hydrogen-bond acceptors (Lipinski definition) is 6. The largest absolute Gasteiger partial charge is 0.293 e. The van der Waals surface area contributed by atoms with Crippen LogP contribution in [0, 0.1) is 0 Å². The molecule has 10 heteroatoms. The fourth-order valence-corrected chi connectivity index (χ4v) is 4.90. The maximum atomic E-state index is 13.0. The zero-order valence-corrected chi connectivity index (χ0v) is 19.8. The number of rotatable bonds is 7. The predicted molar refractivity (Wildman–Crippen MR) is 126 cm³/mol. The van der Waals surface area contributed by atoms with Crippen molar-refractivity contribution in [1.82, 2.24) is 9.55 Å². The molecule has 0 saturated heterocycles. The minimum atomic E-state index is -3.39. The Balaban J connectivity index is 1.91. The van der Waals surface area contributed by atoms with E-state index in [1.165, 1.54) is 23.9 Å². The summed E-state index contributed by atoms with van der Waals surface area (Å²) in [6.45, 7) is 5.51. The third kappa shape index (κ3) is 5.47. The van der Waals surface area contributed by atoms with Crippen LogP contribution >= 0.6 is 23.4 Å². The Morgan fingerprint density at radius 3 is 2.35 bits per heavy atom. The number of fused-ring (bicyclic) bond motifs is 1. The van der Waals surface area contributed by atoms with Crippen LogP contribution in [-0.4, -0.2) is 35.3 Å². The van der Waals surface area contributed by atoms with E-state index >= 15 is 0 Å². The number of benzene rings is 2. The summed E-state index contributed by atoms with van der Waals surface area (Å²) in [5.41, 5.74) is 1.10. The number of aromatic nitrogens is 2. The molecular formula is C21H22ClN3O4S2. The van der Waals surface area contributed by atoms with Crippen molar-refractivity contribution in [2.45, 2.75) is 37.2 Å². The SMILES string of the molecule is CC(C)n1c(S[C@@H](C)C(=O)c2ccc(NS(C)(=O)=O)cc2)nc2cc(Cl)ccc2c1=O. The van der Waals surface area contributed by atoms with Crippen molar-refractivity contribution in [1.29, 1.82) is 0 Å². The van der Waals surface area contributed by atoms with E-state index in [0.29, 0.717) is 32.3 Å². The van der Waals surface area contributed by atoms with Crippen molar-refractivity contribution >= 4 is 55.8 Å². The summed E-state index contributed by atoms with van der Waals surface area (Å²) >= 11 is 7.26. The van der Waals surface area contributed by atoms with E-state index in [1.54, 1.807) is 41.8 Å². The molecule has 164 valence electrons. The van der Waals surface area contributed by atoms with Crippen LogP contribution in [0.2, 0.25) is 5.02 Å². The van der Waals surface area contributed by atoms with E-state index in [0.717, 1.165) is 6.26 Å². The average molecular weight is 480 g/mol. The molecule has 0 amide bonds. The highest BCUT2D eigenvalue weighted by molar-refractivity contribution is 8.00. The number of halogens is 1. The van der Waals surface area contributed by atoms with Gasteiger partial charge in [-0.3, -0.25) is 18.9 Å². The van der Waals surface area contributed by atoms with Crippen molar-refractivity contribution in [2.24, 2.45) is 0 Å². The first kappa shape index (κ1) is 23.3. The van der Waals surface area contributed by atoms with Gasteiger partial charge in [0.2, 0.25) is 10.0 Å². The molecule has 0 spiro atoms. The van der Waals surface area contributed by atoms with Crippen molar-refractivity contribution in [3.05, 3.63) is 63.4 Å². The van der Waals surface area contributed by atoms with Crippen LogP contribution in [0.3, 0.4) is 0 Å². The zero-order chi connectivity index (χ0) is 22.9. The van der Waals surface area contributed by atoms with Gasteiger partial charge in [0, 0.05) is 22.3 Å². The molecular weight excluding hydrogens is 458 g/mol. The lowest BCUT2D eigenvalue weighted by molar-refractivity contribution is 0.0994. The molecule has 0 aliphatic carbocycles. The minimum Gasteiger partial charge on any atom is -0.293 e. The monoisotopic (exact) mass is 479 g/mol. The first-order valence-corrected chi connectivity index (χ1v) is 12.6. The molecule has 0 unspecified atom stereocenters. The van der Waals surface area contributed by atoms with Gasteiger partial charge in [-0.05, 0) is 63.2 Å². The molecule has 31 heavy (non-hydrogen) atoms. The molecule has 0 fully saturated rings. The molecule has 1 atom stereocenters. The Labute approximate surface area is 189 Å². The summed E-state index contributed by atoms with van der Waals surface area (Å²) in [7, 11) is -3.39. The minimum absolute atomic E-state index is 0.147. The number of carbonyl (C=O) groups excluding carboxylic acids is 1. The summed E-state index contributed by atoms with van der Waals surface area (Å²) in [6, 6.07) is 11.0. The van der Waals surface area contributed by atoms with Crippen LogP contribution in [0.15, 0.2) is 52.4 Å². The number of nitrogens with one attached hydrogen (secondary N) is 1. The Morgan fingerprint density at radius 2 is 1.77 bits per heavy atom. The highest BCUT2D eigenvalue weighted by Crippen LogP contribution is 2.28. The number of anilines is 1. The van der Waals surface area contributed by atoms with Gasteiger partial charge in [0.1, 0.15) is 0 Å². The molecule has 1 aromatic heterocycles. The zero-order valence-electron chi connectivity index (χ0n) is 17.4. The number of hydrogen-bond donors (Lipinski definition) is 1. The predicted octanol–water partition coefficient (Wildman–Crippen LogP) is 4.37. The van der Waals surface area contributed by atoms with Crippen LogP contribution in [0.5, 0.6) is 0 Å². The van der Waals surface area contributed by atoms with Crippen LogP contribution in [0.25, 0.3) is 10.9 Å². The highest BCUT2D eigenvalue weighted by Gasteiger charge is 2.22. The molecule has 0 saturated carbocycles. The molecule has 3 aromatic rings. The number of Topliss-reactive ketones (excluding diaryl/α,β-unsaturated/α-hetero) is 1. The lowest BCUT2D eigenvalue weighted by atomic mass is 10.1. The Morgan fingerprint density at radius 1 is 1.13 bits per heavy atom. The highest BCUT2D eigenvalue weighted by atomic mass is 35.5. The molecule has 1 N–H and O–H groups in total. The molecule has 3 rings (SSSR count). The average Bonchev–Trinajstić information content (AvgIpc) is 2.66. The fraction of sp³-hybridized carbons (Fsp3) is 0.286. The Bertz CT molecular complexity index is 1300. The molecule has 0 bridgehead atoms. The maximum Gasteiger partial charge on any atom is 0.262 e. The summed E-state index contributed by atoms with van der Waals surface area (Å²) in [6.07, 6.45) is 1.06. The lowest BCUT2D eigenvalue weighted by Gasteiger charge is -2.18. The number of sulfonamides is 1. The van der Waals surface area contributed by atoms with Gasteiger partial charge in [-0.2, -0.15) is 0 Å². The van der Waals surface area contributed by atoms with Gasteiger partial charge in [-0.15, -0.1) is 0 Å². The first-order valence-electron chi connectivity index (χ1n) is 9.47. The van der Waals surface area contributed by atoms with Gasteiger partial charge in [0.25, 0.3) is 5.56 Å². The van der Waals surface area contributed by atoms with E-state index in [1.807, 2.05) is 13.8 Å². The smallest absolute Gasteiger partial charge is 0.262 e. The third-order valence-electron chi connectivity index (χ3n) is 4.47. The topological polar surface area (TPSA) is 98.1 Å². The van der Waals surface area contributed by atoms with Crippen LogP contribution < -0.4 is 10.3 Å². The number of ketones is 1. The molecule has 7 nitrogen and oxygen atoms in total. The second kappa shape index (κ2) is 9.02. The van der Waals surface area contributed by atoms with Crippen molar-refractivity contribution in [3.63, 3.8) is 0 Å². The maximum absolute atomic E-state index is 13.0. The van der Waals surface area contributed by atoms with E-state index in [9.17, 15) is 18.0 Å². The Hall–Kier alpha value is -2.36. The second-order valence-corrected chi connectivity index (χ2v) is 10.9. The first-order chi connectivity index (χ1) is 14.5. The number of thioether (sulfide) groups is 1. The van der Waals surface area contributed by atoms with Crippen LogP contribution in [0.1, 0.15) is 37.2 Å². The number of nitrogens with zero attached hydrogens (tertiary/aromatic N) is 2. The van der Waals surface area contributed by atoms with Gasteiger partial charge >= 0.3 is 0 Å². The quantitative estimate of drug-likeness (QED) is 0.307. The molecule has 0 radical (unpaired) electrons. The lowest BCUT2D eigenvalue weighted by Crippen LogP contribution is -2.26. The van der Waals surface area contributed by atoms with E-state index in [4.69, 9.17) is 11.6 Å². The van der Waals surface area contributed by atoms with Gasteiger partial charge in [-0.25, -0.2) is 13.4 Å². The van der Waals surface area contributed by atoms with Gasteiger partial charge < -0.3 is 0 Å². The summed E-state index contributed by atoms with van der Waals surface area (Å²) < 4.78 is 26.6. The standard InChI is InChI=1S/C21H22ClN3O4S2/c1-12(2)25-20(27)17-10-7-15(22)11-18(17)23-21(25)30-13(3)19(26)14-5-8-16(9-6-14)24-31(4,28)29/h5-13,24H,1-4H3/t13-/m0/s1. The van der Waals surface area contributed by atoms with Crippen LogP contribution in [0.4, 0.5) is 5.69 Å². The van der Waals surface area contributed by atoms with Gasteiger partial charge in [0.15, 0.2) is 10.9 Å². The third-order valence-corrected chi connectivity index (χ3v) is 6.38. The molecule has 0 aliphatic heterocycles. The molecule has 1 heterocycles. The van der Waals surface area contributed by atoms with E-state index in [-0.39, 0.29) is 17.4 Å². The summed E-state index contributed by atoms with van der Waals surface area (Å²) in [5, 5.41) is 0.855.